The number of nitro benzene ring substituents is 1. The van der Waals surface area contributed by atoms with Gasteiger partial charge in [-0.2, -0.15) is 0 Å². The Bertz CT molecular complexity index is 1940. The third-order valence-electron chi connectivity index (χ3n) is 14.2. The van der Waals surface area contributed by atoms with Gasteiger partial charge in [-0.05, 0) is 91.2 Å². The van der Waals surface area contributed by atoms with Crippen molar-refractivity contribution in [2.24, 2.45) is 29.4 Å². The van der Waals surface area contributed by atoms with E-state index in [-0.39, 0.29) is 82.9 Å². The van der Waals surface area contributed by atoms with Crippen molar-refractivity contribution < 1.29 is 66.6 Å². The van der Waals surface area contributed by atoms with Crippen LogP contribution in [0, 0.1) is 33.8 Å². The van der Waals surface area contributed by atoms with Gasteiger partial charge in [0, 0.05) is 53.7 Å². The van der Waals surface area contributed by atoms with Crippen molar-refractivity contribution in [2.75, 3.05) is 60.1 Å². The number of rotatable bonds is 17. The Morgan fingerprint density at radius 3 is 1.56 bits per heavy atom. The van der Waals surface area contributed by atoms with E-state index in [0.717, 1.165) is 12.8 Å². The molecule has 18 nitrogen and oxygen atoms in total. The maximum absolute atomic E-state index is 12.4. The molecule has 1 amide bonds. The van der Waals surface area contributed by atoms with Gasteiger partial charge in [-0.1, -0.05) is 59.4 Å². The van der Waals surface area contributed by atoms with E-state index in [4.69, 9.17) is 81.0 Å². The molecular formula is C52H85Cl2N3O15. The zero-order valence-corrected chi connectivity index (χ0v) is 45.7. The number of hydrogen-bond donors (Lipinski definition) is 2. The fourth-order valence-corrected chi connectivity index (χ4v) is 9.38. The van der Waals surface area contributed by atoms with E-state index in [1.165, 1.54) is 24.3 Å². The first-order chi connectivity index (χ1) is 33.3. The number of carbonyl (C=O) groups is 2. The summed E-state index contributed by atoms with van der Waals surface area (Å²) < 4.78 is 62.7. The van der Waals surface area contributed by atoms with Crippen molar-refractivity contribution in [3.05, 3.63) is 58.7 Å². The predicted molar refractivity (Wildman–Crippen MR) is 276 cm³/mol. The average Bonchev–Trinajstić information content (AvgIpc) is 4.21. The summed E-state index contributed by atoms with van der Waals surface area (Å²) in [6, 6.07) is 5.24. The summed E-state index contributed by atoms with van der Waals surface area (Å²) in [5.74, 6) is 0.955. The van der Waals surface area contributed by atoms with Gasteiger partial charge in [0.1, 0.15) is 64.8 Å². The quantitative estimate of drug-likeness (QED) is 0.0281. The molecule has 4 saturated heterocycles. The molecule has 0 bridgehead atoms. The molecule has 6 aliphatic rings. The van der Waals surface area contributed by atoms with Crippen molar-refractivity contribution in [3.8, 4) is 5.75 Å². The summed E-state index contributed by atoms with van der Waals surface area (Å²) in [6.07, 6.45) is 8.44. The van der Waals surface area contributed by atoms with E-state index < -0.39 is 40.6 Å². The maximum Gasteiger partial charge on any atom is 0.514 e. The van der Waals surface area contributed by atoms with Gasteiger partial charge in [0.2, 0.25) is 0 Å². The van der Waals surface area contributed by atoms with E-state index >= 15 is 0 Å². The first-order valence-electron chi connectivity index (χ1n) is 24.3. The number of methoxy groups -OCH3 is 4. The van der Waals surface area contributed by atoms with Crippen molar-refractivity contribution in [1.29, 1.82) is 0 Å². The number of nitrogens with zero attached hydrogens (tertiary/aromatic N) is 1. The molecule has 6 fully saturated rings. The number of hydrogen-bond acceptors (Lipinski definition) is 16. The highest BCUT2D eigenvalue weighted by atomic mass is 35.5. The molecule has 4 heterocycles. The molecule has 1 aromatic rings. The first-order valence-corrected chi connectivity index (χ1v) is 25.4. The summed E-state index contributed by atoms with van der Waals surface area (Å²) in [5, 5.41) is 13.8. The highest BCUT2D eigenvalue weighted by molar-refractivity contribution is 6.40. The van der Waals surface area contributed by atoms with Gasteiger partial charge >= 0.3 is 12.2 Å². The molecule has 20 heteroatoms. The van der Waals surface area contributed by atoms with Crippen LogP contribution in [0.25, 0.3) is 0 Å². The highest BCUT2D eigenvalue weighted by Gasteiger charge is 2.73. The lowest BCUT2D eigenvalue weighted by molar-refractivity contribution is -0.384. The Labute approximate surface area is 438 Å². The molecule has 7 rings (SSSR count). The molecule has 2 unspecified atom stereocenters. The monoisotopic (exact) mass is 1060 g/mol. The smallest absolute Gasteiger partial charge is 0.443 e. The van der Waals surface area contributed by atoms with Gasteiger partial charge < -0.3 is 63.2 Å². The molecule has 4 aliphatic heterocycles. The van der Waals surface area contributed by atoms with E-state index in [2.05, 4.69) is 71.2 Å². The minimum absolute atomic E-state index is 0. The Morgan fingerprint density at radius 2 is 1.22 bits per heavy atom. The fourth-order valence-electron chi connectivity index (χ4n) is 9.38. The van der Waals surface area contributed by atoms with Crippen molar-refractivity contribution in [2.45, 2.75) is 173 Å². The summed E-state index contributed by atoms with van der Waals surface area (Å²) in [6.45, 7) is 22.7. The molecular weight excluding hydrogens is 977 g/mol. The summed E-state index contributed by atoms with van der Waals surface area (Å²) >= 11 is 9.53. The van der Waals surface area contributed by atoms with Crippen LogP contribution in [-0.4, -0.2) is 147 Å². The molecule has 0 radical (unpaired) electrons. The fraction of sp³-hybridized carbons (Fsp3) is 0.769. The molecule has 12 atom stereocenters. The number of non-ortho nitro benzene ring substituents is 1. The number of nitrogens with one attached hydrogen (secondary N) is 1. The van der Waals surface area contributed by atoms with E-state index in [9.17, 15) is 19.7 Å². The van der Waals surface area contributed by atoms with E-state index in [1.807, 2.05) is 27.7 Å². The highest BCUT2D eigenvalue weighted by Crippen LogP contribution is 2.60. The minimum atomic E-state index is -0.879. The number of ether oxygens (including phenoxy) is 11. The lowest BCUT2D eigenvalue weighted by atomic mass is 9.68. The van der Waals surface area contributed by atoms with Gasteiger partial charge in [-0.3, -0.25) is 10.1 Å². The average molecular weight is 1060 g/mol. The van der Waals surface area contributed by atoms with Gasteiger partial charge in [-0.25, -0.2) is 9.59 Å². The topological polar surface area (TPSA) is 230 Å². The Hall–Kier alpha value is -3.14. The maximum atomic E-state index is 12.4. The number of carbonyl (C=O) groups excluding carboxylic acids is 2. The second kappa shape index (κ2) is 26.6. The number of halogens is 2. The molecule has 1 aromatic carbocycles. The van der Waals surface area contributed by atoms with E-state index in [1.54, 1.807) is 28.4 Å². The van der Waals surface area contributed by atoms with Crippen molar-refractivity contribution in [3.63, 3.8) is 0 Å². The van der Waals surface area contributed by atoms with Crippen molar-refractivity contribution >= 4 is 41.1 Å². The molecule has 3 N–H and O–H groups in total. The Balaban J connectivity index is 0.000000318. The lowest BCUT2D eigenvalue weighted by Gasteiger charge is -2.42. The van der Waals surface area contributed by atoms with Gasteiger partial charge in [-0.15, -0.1) is 23.2 Å². The number of nitrogens with two attached hydrogens (primary N) is 1. The second-order valence-corrected chi connectivity index (χ2v) is 21.9. The van der Waals surface area contributed by atoms with Crippen LogP contribution in [0.15, 0.2) is 48.6 Å². The van der Waals surface area contributed by atoms with Gasteiger partial charge in [0.05, 0.1) is 46.5 Å². The van der Waals surface area contributed by atoms with Crippen LogP contribution in [0.1, 0.15) is 102 Å². The van der Waals surface area contributed by atoms with Gasteiger partial charge in [0.25, 0.3) is 5.69 Å². The predicted octanol–water partition coefficient (Wildman–Crippen LogP) is 9.54. The van der Waals surface area contributed by atoms with Gasteiger partial charge in [0.15, 0.2) is 0 Å². The Morgan fingerprint density at radius 1 is 0.806 bits per heavy atom. The second-order valence-electron chi connectivity index (χ2n) is 21.1. The molecule has 2 saturated carbocycles. The zero-order valence-electron chi connectivity index (χ0n) is 44.2. The summed E-state index contributed by atoms with van der Waals surface area (Å²) in [5.41, 5.74) is 3.22. The number of allylic oxidation sites excluding steroid dienone is 2. The Kier molecular flexibility index (Phi) is 23.3. The minimum Gasteiger partial charge on any atom is -0.443 e. The summed E-state index contributed by atoms with van der Waals surface area (Å²) in [4.78, 5) is 35.1. The molecule has 0 aromatic heterocycles. The molecule has 2 aliphatic carbocycles. The number of alkyl carbamates (subject to hydrolysis) is 1. The molecule has 2 spiro atoms. The lowest BCUT2D eigenvalue weighted by Crippen LogP contribution is -2.56. The molecule has 72 heavy (non-hydrogen) atoms. The van der Waals surface area contributed by atoms with Crippen LogP contribution in [0.2, 0.25) is 0 Å². The van der Waals surface area contributed by atoms with Crippen LogP contribution < -0.4 is 15.8 Å². The van der Waals surface area contributed by atoms with Crippen LogP contribution >= 0.6 is 23.2 Å². The third-order valence-corrected chi connectivity index (χ3v) is 14.2. The largest absolute Gasteiger partial charge is 0.514 e. The first kappa shape index (κ1) is 63.2. The zero-order chi connectivity index (χ0) is 53.2. The standard InChI is InChI=1S/C23H29NO8.C22H37NO6.C5H13NO.CH2Cl2.CH4/c1-14(2)5-10-18-22(3,32-18)20-19(28-4)17(11-12-23(20)13-29-23)31-21(25)30-16-8-6-15(7-9-16)24(26)27;1-14(2)8-9-16-21(5,29-16)18-17(25-6)15(10-11-22(18)13-27-22)28-19(24)23-12-20(3,4)26-7;1-5(2,4-6)7-3;2-1-3;/h5-10,14,17-20H,11-13H2,1-4H3;8-9,14-18H,10-13H2,1-7H3,(H,23,24);4,6H2,1-3H3;1H2;1H4/b10-5+;9-8+;;;/t17-,18-,19-,20?,22-,23+;15-,16-,17-,18?,21-,22+;;;/m11.../s1. The molecule has 412 valence electrons. The number of nitro groups is 1. The summed E-state index contributed by atoms with van der Waals surface area (Å²) in [7, 11) is 6.55. The SMILES string of the molecule is C.COC(C)(C)CN.CO[C@H]1C([C@]2(C)O[C@@H]2/C=C/C(C)C)[C@]2(CC[C@H]1OC(=O)NCC(C)(C)OC)CO2.CO[C@H]1C([C@]2(C)O[C@@H]2/C=C/C(C)C)[C@]2(CC[C@H]1OC(=O)Oc1ccc([N+](=O)[O-])cc1)CO2.ClCCl. The normalized spacial score (nSPS) is 33.1. The third kappa shape index (κ3) is 16.7. The van der Waals surface area contributed by atoms with Crippen LogP contribution in [0.3, 0.4) is 0 Å². The van der Waals surface area contributed by atoms with Crippen LogP contribution in [-0.2, 0) is 47.4 Å². The number of benzene rings is 1. The number of epoxide rings is 4. The van der Waals surface area contributed by atoms with Crippen molar-refractivity contribution in [1.82, 2.24) is 5.32 Å². The number of amides is 1. The van der Waals surface area contributed by atoms with Crippen LogP contribution in [0.5, 0.6) is 5.75 Å². The number of alkyl halides is 2. The van der Waals surface area contributed by atoms with E-state index in [0.29, 0.717) is 51.0 Å². The van der Waals surface area contributed by atoms with Crippen LogP contribution in [0.4, 0.5) is 15.3 Å².